The maximum absolute atomic E-state index is 5.36. The first-order valence-electron chi connectivity index (χ1n) is 3.48. The van der Waals surface area contributed by atoms with Crippen LogP contribution in [0.5, 0.6) is 0 Å². The van der Waals surface area contributed by atoms with Gasteiger partial charge in [0.05, 0.1) is 0 Å². The second-order valence-electron chi connectivity index (χ2n) is 2.49. The predicted octanol–water partition coefficient (Wildman–Crippen LogP) is 0.657. The van der Waals surface area contributed by atoms with Gasteiger partial charge in [0.15, 0.2) is 0 Å². The van der Waals surface area contributed by atoms with Crippen molar-refractivity contribution in [2.75, 3.05) is 5.73 Å². The molecule has 2 aromatic heterocycles. The summed E-state index contributed by atoms with van der Waals surface area (Å²) in [6.07, 6.45) is 1.83. The van der Waals surface area contributed by atoms with E-state index in [2.05, 4.69) is 10.3 Å². The van der Waals surface area contributed by atoms with Crippen LogP contribution in [0.1, 0.15) is 0 Å². The summed E-state index contributed by atoms with van der Waals surface area (Å²) in [5.41, 5.74) is 6.78. The SMILES string of the molecule is Cn1ccc(-c2cc(N)on2)n1. The molecule has 62 valence electrons. The molecule has 2 rings (SSSR count). The molecule has 0 aliphatic rings. The quantitative estimate of drug-likeness (QED) is 0.672. The van der Waals surface area contributed by atoms with E-state index in [0.29, 0.717) is 11.6 Å². The number of anilines is 1. The zero-order valence-corrected chi connectivity index (χ0v) is 6.56. The van der Waals surface area contributed by atoms with E-state index < -0.39 is 0 Å². The van der Waals surface area contributed by atoms with E-state index >= 15 is 0 Å². The summed E-state index contributed by atoms with van der Waals surface area (Å²) < 4.78 is 6.40. The molecule has 0 spiro atoms. The van der Waals surface area contributed by atoms with Gasteiger partial charge in [-0.2, -0.15) is 5.10 Å². The molecular weight excluding hydrogens is 156 g/mol. The molecule has 0 aromatic carbocycles. The van der Waals surface area contributed by atoms with E-state index in [0.717, 1.165) is 5.69 Å². The van der Waals surface area contributed by atoms with Crippen LogP contribution in [0, 0.1) is 0 Å². The van der Waals surface area contributed by atoms with Crippen LogP contribution in [0.15, 0.2) is 22.9 Å². The second-order valence-corrected chi connectivity index (χ2v) is 2.49. The van der Waals surface area contributed by atoms with E-state index in [-0.39, 0.29) is 0 Å². The Balaban J connectivity index is 2.43. The Morgan fingerprint density at radius 3 is 2.83 bits per heavy atom. The Bertz CT molecular complexity index is 351. The molecule has 0 bridgehead atoms. The zero-order valence-electron chi connectivity index (χ0n) is 6.56. The summed E-state index contributed by atoms with van der Waals surface area (Å²) >= 11 is 0. The van der Waals surface area contributed by atoms with Crippen LogP contribution < -0.4 is 5.73 Å². The number of nitrogens with zero attached hydrogens (tertiary/aromatic N) is 3. The van der Waals surface area contributed by atoms with Crippen LogP contribution in [-0.4, -0.2) is 14.9 Å². The summed E-state index contributed by atoms with van der Waals surface area (Å²) in [5, 5.41) is 7.86. The first-order chi connectivity index (χ1) is 5.75. The Kier molecular flexibility index (Phi) is 1.36. The fourth-order valence-electron chi connectivity index (χ4n) is 0.962. The molecule has 2 aromatic rings. The Hall–Kier alpha value is -1.78. The fourth-order valence-corrected chi connectivity index (χ4v) is 0.962. The van der Waals surface area contributed by atoms with Crippen molar-refractivity contribution in [1.82, 2.24) is 14.9 Å². The summed E-state index contributed by atoms with van der Waals surface area (Å²) in [7, 11) is 1.84. The van der Waals surface area contributed by atoms with E-state index in [9.17, 15) is 0 Å². The second kappa shape index (κ2) is 2.37. The monoisotopic (exact) mass is 164 g/mol. The van der Waals surface area contributed by atoms with E-state index in [1.54, 1.807) is 10.7 Å². The molecule has 0 amide bonds. The number of rotatable bonds is 1. The summed E-state index contributed by atoms with van der Waals surface area (Å²) in [5.74, 6) is 0.302. The van der Waals surface area contributed by atoms with Crippen molar-refractivity contribution in [3.8, 4) is 11.4 Å². The highest BCUT2D eigenvalue weighted by molar-refractivity contribution is 5.55. The summed E-state index contributed by atoms with van der Waals surface area (Å²) in [6.45, 7) is 0. The minimum atomic E-state index is 0.302. The third-order valence-corrected chi connectivity index (χ3v) is 1.50. The highest BCUT2D eigenvalue weighted by atomic mass is 16.5. The number of aromatic nitrogens is 3. The molecule has 5 nitrogen and oxygen atoms in total. The summed E-state index contributed by atoms with van der Waals surface area (Å²) in [6, 6.07) is 3.49. The largest absolute Gasteiger partial charge is 0.368 e. The fraction of sp³-hybridized carbons (Fsp3) is 0.143. The van der Waals surface area contributed by atoms with Crippen LogP contribution >= 0.6 is 0 Å². The number of hydrogen-bond acceptors (Lipinski definition) is 4. The molecule has 0 radical (unpaired) electrons. The smallest absolute Gasteiger partial charge is 0.222 e. The highest BCUT2D eigenvalue weighted by Crippen LogP contribution is 2.16. The van der Waals surface area contributed by atoms with E-state index in [1.807, 2.05) is 19.3 Å². The van der Waals surface area contributed by atoms with Gasteiger partial charge < -0.3 is 10.3 Å². The molecule has 0 aliphatic carbocycles. The van der Waals surface area contributed by atoms with Gasteiger partial charge >= 0.3 is 0 Å². The van der Waals surface area contributed by atoms with Gasteiger partial charge in [0.1, 0.15) is 11.4 Å². The van der Waals surface area contributed by atoms with Crippen molar-refractivity contribution in [2.45, 2.75) is 0 Å². The van der Waals surface area contributed by atoms with Crippen molar-refractivity contribution < 1.29 is 4.52 Å². The highest BCUT2D eigenvalue weighted by Gasteiger charge is 2.05. The lowest BCUT2D eigenvalue weighted by atomic mass is 10.3. The molecule has 2 N–H and O–H groups in total. The Morgan fingerprint density at radius 2 is 2.33 bits per heavy atom. The van der Waals surface area contributed by atoms with Crippen LogP contribution in [0.2, 0.25) is 0 Å². The first-order valence-corrected chi connectivity index (χ1v) is 3.48. The van der Waals surface area contributed by atoms with Crippen molar-refractivity contribution in [3.05, 3.63) is 18.3 Å². The lowest BCUT2D eigenvalue weighted by Gasteiger charge is -1.84. The normalized spacial score (nSPS) is 10.4. The third kappa shape index (κ3) is 1.05. The lowest BCUT2D eigenvalue weighted by Crippen LogP contribution is -1.87. The number of nitrogen functional groups attached to an aromatic ring is 1. The van der Waals surface area contributed by atoms with Crippen molar-refractivity contribution in [1.29, 1.82) is 0 Å². The van der Waals surface area contributed by atoms with Crippen molar-refractivity contribution in [3.63, 3.8) is 0 Å². The van der Waals surface area contributed by atoms with Crippen LogP contribution in [-0.2, 0) is 7.05 Å². The van der Waals surface area contributed by atoms with Gasteiger partial charge in [-0.25, -0.2) is 0 Å². The van der Waals surface area contributed by atoms with Crippen molar-refractivity contribution >= 4 is 5.88 Å². The van der Waals surface area contributed by atoms with Crippen LogP contribution in [0.3, 0.4) is 0 Å². The van der Waals surface area contributed by atoms with Gasteiger partial charge in [0.2, 0.25) is 5.88 Å². The lowest BCUT2D eigenvalue weighted by molar-refractivity contribution is 0.439. The number of hydrogen-bond donors (Lipinski definition) is 1. The molecule has 0 aliphatic heterocycles. The van der Waals surface area contributed by atoms with Gasteiger partial charge in [-0.3, -0.25) is 4.68 Å². The van der Waals surface area contributed by atoms with Crippen LogP contribution in [0.4, 0.5) is 5.88 Å². The maximum Gasteiger partial charge on any atom is 0.222 e. The molecule has 2 heterocycles. The topological polar surface area (TPSA) is 69.9 Å². The molecule has 0 saturated carbocycles. The van der Waals surface area contributed by atoms with Gasteiger partial charge in [-0.05, 0) is 6.07 Å². The Morgan fingerprint density at radius 1 is 1.50 bits per heavy atom. The van der Waals surface area contributed by atoms with Crippen LogP contribution in [0.25, 0.3) is 11.4 Å². The standard InChI is InChI=1S/C7H8N4O/c1-11-3-2-5(9-11)6-4-7(8)12-10-6/h2-4H,8H2,1H3. The van der Waals surface area contributed by atoms with Gasteiger partial charge in [0.25, 0.3) is 0 Å². The first kappa shape index (κ1) is 6.90. The van der Waals surface area contributed by atoms with E-state index in [4.69, 9.17) is 10.3 Å². The van der Waals surface area contributed by atoms with Gasteiger partial charge in [-0.15, -0.1) is 0 Å². The Labute approximate surface area is 68.8 Å². The molecular formula is C7H8N4O. The minimum absolute atomic E-state index is 0.302. The number of aryl methyl sites for hydroxylation is 1. The maximum atomic E-state index is 5.36. The minimum Gasteiger partial charge on any atom is -0.368 e. The zero-order chi connectivity index (χ0) is 8.55. The van der Waals surface area contributed by atoms with Crippen molar-refractivity contribution in [2.24, 2.45) is 7.05 Å². The molecule has 0 unspecified atom stereocenters. The predicted molar refractivity (Wildman–Crippen MR) is 43.1 cm³/mol. The molecule has 12 heavy (non-hydrogen) atoms. The summed E-state index contributed by atoms with van der Waals surface area (Å²) in [4.78, 5) is 0. The van der Waals surface area contributed by atoms with E-state index in [1.165, 1.54) is 0 Å². The molecule has 0 atom stereocenters. The molecule has 0 fully saturated rings. The third-order valence-electron chi connectivity index (χ3n) is 1.50. The van der Waals surface area contributed by atoms with Gasteiger partial charge in [-0.1, -0.05) is 5.16 Å². The molecule has 0 saturated heterocycles. The van der Waals surface area contributed by atoms with Gasteiger partial charge in [0, 0.05) is 19.3 Å². The molecule has 5 heteroatoms. The number of nitrogens with two attached hydrogens (primary N) is 1. The average molecular weight is 164 g/mol. The average Bonchev–Trinajstić information content (AvgIpc) is 2.58.